The number of rotatable bonds is 3. The topological polar surface area (TPSA) is 46.2 Å². The summed E-state index contributed by atoms with van der Waals surface area (Å²) in [7, 11) is 0. The van der Waals surface area contributed by atoms with Crippen molar-refractivity contribution < 1.29 is 13.9 Å². The smallest absolute Gasteiger partial charge is 0.129 e. The lowest BCUT2D eigenvalue weighted by Crippen LogP contribution is -2.36. The molecule has 3 N–H and O–H groups in total. The second kappa shape index (κ2) is 5.10. The minimum atomic E-state index is -1.08. The van der Waals surface area contributed by atoms with Crippen LogP contribution in [0, 0.1) is 17.0 Å². The summed E-state index contributed by atoms with van der Waals surface area (Å²) in [6.07, 6.45) is -0.885. The first-order valence-electron chi connectivity index (χ1n) is 5.60. The van der Waals surface area contributed by atoms with E-state index < -0.39 is 17.7 Å². The number of hydrogen-bond donors (Lipinski definition) is 2. The van der Waals surface area contributed by atoms with Crippen LogP contribution in [0.4, 0.5) is 8.78 Å². The summed E-state index contributed by atoms with van der Waals surface area (Å²) in [6.45, 7) is 5.81. The van der Waals surface area contributed by atoms with Gasteiger partial charge in [0, 0.05) is 11.6 Å². The number of aliphatic hydroxyl groups is 1. The Hall–Kier alpha value is -1.00. The molecule has 0 aliphatic carbocycles. The Kier molecular flexibility index (Phi) is 4.22. The molecule has 17 heavy (non-hydrogen) atoms. The molecule has 0 radical (unpaired) electrons. The Labute approximate surface area is 100 Å². The van der Waals surface area contributed by atoms with Gasteiger partial charge in [0.1, 0.15) is 11.6 Å². The van der Waals surface area contributed by atoms with Crippen molar-refractivity contribution in [3.8, 4) is 0 Å². The zero-order chi connectivity index (χ0) is 13.2. The van der Waals surface area contributed by atoms with Crippen LogP contribution < -0.4 is 5.73 Å². The lowest BCUT2D eigenvalue weighted by molar-refractivity contribution is 0.129. The van der Waals surface area contributed by atoms with Crippen molar-refractivity contribution in [3.05, 3.63) is 35.4 Å². The van der Waals surface area contributed by atoms with Gasteiger partial charge in [-0.15, -0.1) is 0 Å². The van der Waals surface area contributed by atoms with Crippen LogP contribution in [0.3, 0.4) is 0 Å². The average molecular weight is 243 g/mol. The predicted molar refractivity (Wildman–Crippen MR) is 63.4 cm³/mol. The number of hydrogen-bond acceptors (Lipinski definition) is 2. The maximum atomic E-state index is 13.4. The number of halogens is 2. The number of aliphatic hydroxyl groups excluding tert-OH is 1. The van der Waals surface area contributed by atoms with Gasteiger partial charge >= 0.3 is 0 Å². The van der Waals surface area contributed by atoms with E-state index in [1.807, 2.05) is 20.8 Å². The van der Waals surface area contributed by atoms with Gasteiger partial charge in [-0.25, -0.2) is 8.78 Å². The highest BCUT2D eigenvalue weighted by atomic mass is 19.1. The lowest BCUT2D eigenvalue weighted by Gasteiger charge is -2.29. The van der Waals surface area contributed by atoms with Gasteiger partial charge in [0.15, 0.2) is 0 Å². The van der Waals surface area contributed by atoms with Gasteiger partial charge in [0.2, 0.25) is 0 Å². The molecule has 0 amide bonds. The summed E-state index contributed by atoms with van der Waals surface area (Å²) >= 11 is 0. The highest BCUT2D eigenvalue weighted by molar-refractivity contribution is 5.21. The molecule has 2 nitrogen and oxygen atoms in total. The van der Waals surface area contributed by atoms with Crippen LogP contribution in [0.5, 0.6) is 0 Å². The molecule has 0 aliphatic rings. The molecule has 0 saturated heterocycles. The molecule has 0 fully saturated rings. The van der Waals surface area contributed by atoms with Crippen LogP contribution in [0.25, 0.3) is 0 Å². The van der Waals surface area contributed by atoms with E-state index in [-0.39, 0.29) is 23.4 Å². The van der Waals surface area contributed by atoms with Crippen molar-refractivity contribution in [2.24, 2.45) is 11.1 Å². The first-order chi connectivity index (χ1) is 7.71. The van der Waals surface area contributed by atoms with Crippen LogP contribution in [0.2, 0.25) is 0 Å². The Bertz CT molecular complexity index is 387. The lowest BCUT2D eigenvalue weighted by atomic mass is 9.83. The van der Waals surface area contributed by atoms with Crippen LogP contribution in [0.15, 0.2) is 18.2 Å². The SMILES string of the molecule is CC(C)(C)[C@@H](N)C[C@H](O)c1cc(F)ccc1F. The van der Waals surface area contributed by atoms with Crippen LogP contribution in [-0.4, -0.2) is 11.1 Å². The van der Waals surface area contributed by atoms with E-state index in [0.717, 1.165) is 18.2 Å². The zero-order valence-corrected chi connectivity index (χ0v) is 10.4. The fourth-order valence-corrected chi connectivity index (χ4v) is 1.49. The van der Waals surface area contributed by atoms with Gasteiger partial charge in [0.05, 0.1) is 6.10 Å². The summed E-state index contributed by atoms with van der Waals surface area (Å²) < 4.78 is 26.4. The summed E-state index contributed by atoms with van der Waals surface area (Å²) in [4.78, 5) is 0. The van der Waals surface area contributed by atoms with E-state index in [1.54, 1.807) is 0 Å². The quantitative estimate of drug-likeness (QED) is 0.857. The maximum Gasteiger partial charge on any atom is 0.129 e. The van der Waals surface area contributed by atoms with E-state index >= 15 is 0 Å². The molecule has 1 aromatic rings. The van der Waals surface area contributed by atoms with Crippen molar-refractivity contribution in [2.75, 3.05) is 0 Å². The average Bonchev–Trinajstić information content (AvgIpc) is 2.20. The molecule has 0 spiro atoms. The molecule has 0 unspecified atom stereocenters. The van der Waals surface area contributed by atoms with Crippen molar-refractivity contribution in [3.63, 3.8) is 0 Å². The second-order valence-electron chi connectivity index (χ2n) is 5.39. The van der Waals surface area contributed by atoms with Crippen molar-refractivity contribution in [1.82, 2.24) is 0 Å². The Morgan fingerprint density at radius 1 is 1.29 bits per heavy atom. The standard InChI is InChI=1S/C13H19F2NO/c1-13(2,3)12(16)7-11(17)9-6-8(14)4-5-10(9)15/h4-6,11-12,17H,7,16H2,1-3H3/t11-,12-/m0/s1. The number of benzene rings is 1. The van der Waals surface area contributed by atoms with E-state index in [1.165, 1.54) is 0 Å². The minimum absolute atomic E-state index is 0.0373. The largest absolute Gasteiger partial charge is 0.388 e. The summed E-state index contributed by atoms with van der Waals surface area (Å²) in [5, 5.41) is 9.87. The van der Waals surface area contributed by atoms with Gasteiger partial charge < -0.3 is 10.8 Å². The van der Waals surface area contributed by atoms with Crippen molar-refractivity contribution >= 4 is 0 Å². The third-order valence-corrected chi connectivity index (χ3v) is 2.91. The third-order valence-electron chi connectivity index (χ3n) is 2.91. The van der Waals surface area contributed by atoms with Crippen LogP contribution >= 0.6 is 0 Å². The fraction of sp³-hybridized carbons (Fsp3) is 0.538. The fourth-order valence-electron chi connectivity index (χ4n) is 1.49. The molecular weight excluding hydrogens is 224 g/mol. The van der Waals surface area contributed by atoms with Gasteiger partial charge in [-0.1, -0.05) is 20.8 Å². The molecule has 2 atom stereocenters. The summed E-state index contributed by atoms with van der Waals surface area (Å²) in [5.41, 5.74) is 5.67. The molecule has 96 valence electrons. The van der Waals surface area contributed by atoms with Gasteiger partial charge in [-0.2, -0.15) is 0 Å². The molecular formula is C13H19F2NO. The van der Waals surface area contributed by atoms with E-state index in [0.29, 0.717) is 0 Å². The minimum Gasteiger partial charge on any atom is -0.388 e. The summed E-state index contributed by atoms with van der Waals surface area (Å²) in [5.74, 6) is -1.18. The Balaban J connectivity index is 2.83. The molecule has 1 aromatic carbocycles. The molecule has 0 heterocycles. The Morgan fingerprint density at radius 3 is 2.41 bits per heavy atom. The highest BCUT2D eigenvalue weighted by Gasteiger charge is 2.25. The van der Waals surface area contributed by atoms with Crippen molar-refractivity contribution in [2.45, 2.75) is 39.3 Å². The monoisotopic (exact) mass is 243 g/mol. The van der Waals surface area contributed by atoms with E-state index in [2.05, 4.69) is 0 Å². The molecule has 1 rings (SSSR count). The molecule has 0 saturated carbocycles. The van der Waals surface area contributed by atoms with Gasteiger partial charge in [0.25, 0.3) is 0 Å². The third kappa shape index (κ3) is 3.75. The normalized spacial score (nSPS) is 15.7. The number of nitrogens with two attached hydrogens (primary N) is 1. The predicted octanol–water partition coefficient (Wildman–Crippen LogP) is 2.76. The maximum absolute atomic E-state index is 13.4. The van der Waals surface area contributed by atoms with E-state index in [4.69, 9.17) is 5.73 Å². The Morgan fingerprint density at radius 2 is 1.88 bits per heavy atom. The van der Waals surface area contributed by atoms with Gasteiger partial charge in [-0.3, -0.25) is 0 Å². The first-order valence-corrected chi connectivity index (χ1v) is 5.60. The first kappa shape index (κ1) is 14.1. The molecule has 0 aromatic heterocycles. The second-order valence-corrected chi connectivity index (χ2v) is 5.39. The van der Waals surface area contributed by atoms with E-state index in [9.17, 15) is 13.9 Å². The van der Waals surface area contributed by atoms with Crippen molar-refractivity contribution in [1.29, 1.82) is 0 Å². The zero-order valence-electron chi connectivity index (χ0n) is 10.4. The van der Waals surface area contributed by atoms with Crippen LogP contribution in [-0.2, 0) is 0 Å². The molecule has 0 bridgehead atoms. The van der Waals surface area contributed by atoms with Gasteiger partial charge in [-0.05, 0) is 30.0 Å². The highest BCUT2D eigenvalue weighted by Crippen LogP contribution is 2.28. The summed E-state index contributed by atoms with van der Waals surface area (Å²) in [6, 6.07) is 2.75. The molecule has 4 heteroatoms. The van der Waals surface area contributed by atoms with Crippen LogP contribution in [0.1, 0.15) is 38.9 Å². The molecule has 0 aliphatic heterocycles.